The van der Waals surface area contributed by atoms with Crippen molar-refractivity contribution in [3.05, 3.63) is 28.9 Å². The Bertz CT molecular complexity index is 503. The molecule has 16 heavy (non-hydrogen) atoms. The van der Waals surface area contributed by atoms with Crippen LogP contribution < -0.4 is 0 Å². The molecule has 1 aromatic carbocycles. The molecule has 0 saturated carbocycles. The van der Waals surface area contributed by atoms with Crippen molar-refractivity contribution in [2.75, 3.05) is 13.2 Å². The van der Waals surface area contributed by atoms with E-state index < -0.39 is 0 Å². The number of hydrogen-bond acceptors (Lipinski definition) is 2. The Morgan fingerprint density at radius 2 is 2.12 bits per heavy atom. The number of nitrogens with zero attached hydrogens (tertiary/aromatic N) is 2. The maximum Gasteiger partial charge on any atom is 0.0924 e. The van der Waals surface area contributed by atoms with Gasteiger partial charge in [0.2, 0.25) is 0 Å². The lowest BCUT2D eigenvalue weighted by molar-refractivity contribution is 0.0664. The maximum atomic E-state index is 5.37. The van der Waals surface area contributed by atoms with Gasteiger partial charge in [-0.1, -0.05) is 15.9 Å². The van der Waals surface area contributed by atoms with Crippen LogP contribution in [0.2, 0.25) is 0 Å². The zero-order valence-corrected chi connectivity index (χ0v) is 10.5. The summed E-state index contributed by atoms with van der Waals surface area (Å²) >= 11 is 3.48. The molecule has 0 amide bonds. The summed E-state index contributed by atoms with van der Waals surface area (Å²) in [4.78, 5) is 0. The van der Waals surface area contributed by atoms with Gasteiger partial charge in [0.05, 0.1) is 11.6 Å². The van der Waals surface area contributed by atoms with Gasteiger partial charge in [-0.2, -0.15) is 5.10 Å². The van der Waals surface area contributed by atoms with Crippen LogP contribution in [0.15, 0.2) is 28.9 Å². The monoisotopic (exact) mass is 280 g/mol. The van der Waals surface area contributed by atoms with Crippen molar-refractivity contribution in [2.24, 2.45) is 0 Å². The summed E-state index contributed by atoms with van der Waals surface area (Å²) in [7, 11) is 0. The lowest BCUT2D eigenvalue weighted by Gasteiger charge is -2.22. The first-order chi connectivity index (χ1) is 7.83. The van der Waals surface area contributed by atoms with Gasteiger partial charge in [0, 0.05) is 29.3 Å². The Hall–Kier alpha value is -0.870. The molecular formula is C12H13BrN2O. The average molecular weight is 281 g/mol. The van der Waals surface area contributed by atoms with Crippen molar-refractivity contribution in [3.8, 4) is 0 Å². The molecule has 84 valence electrons. The van der Waals surface area contributed by atoms with Crippen LogP contribution in [0.1, 0.15) is 18.9 Å². The third-order valence-electron chi connectivity index (χ3n) is 3.05. The minimum atomic E-state index is 0.500. The summed E-state index contributed by atoms with van der Waals surface area (Å²) in [5.41, 5.74) is 1.06. The van der Waals surface area contributed by atoms with Crippen molar-refractivity contribution >= 4 is 26.8 Å². The van der Waals surface area contributed by atoms with Crippen LogP contribution in [0.25, 0.3) is 10.9 Å². The molecule has 0 N–H and O–H groups in total. The van der Waals surface area contributed by atoms with E-state index in [-0.39, 0.29) is 0 Å². The van der Waals surface area contributed by atoms with Crippen molar-refractivity contribution in [2.45, 2.75) is 18.9 Å². The molecule has 1 aliphatic heterocycles. The lowest BCUT2D eigenvalue weighted by Crippen LogP contribution is -2.19. The van der Waals surface area contributed by atoms with Crippen molar-refractivity contribution < 1.29 is 4.74 Å². The van der Waals surface area contributed by atoms with E-state index in [4.69, 9.17) is 4.74 Å². The second kappa shape index (κ2) is 4.18. The molecule has 0 unspecified atom stereocenters. The number of benzene rings is 1. The Kier molecular flexibility index (Phi) is 2.69. The van der Waals surface area contributed by atoms with Crippen LogP contribution in [0.5, 0.6) is 0 Å². The van der Waals surface area contributed by atoms with Gasteiger partial charge in [0.15, 0.2) is 0 Å². The van der Waals surface area contributed by atoms with Crippen LogP contribution in [0.4, 0.5) is 0 Å². The second-order valence-corrected chi connectivity index (χ2v) is 5.07. The van der Waals surface area contributed by atoms with E-state index in [0.29, 0.717) is 6.04 Å². The quantitative estimate of drug-likeness (QED) is 0.803. The SMILES string of the molecule is Brc1ccc2nn(C3CCOCC3)cc2c1. The van der Waals surface area contributed by atoms with Gasteiger partial charge in [-0.05, 0) is 31.0 Å². The predicted octanol–water partition coefficient (Wildman–Crippen LogP) is 3.15. The van der Waals surface area contributed by atoms with E-state index in [1.54, 1.807) is 0 Å². The first-order valence-electron chi connectivity index (χ1n) is 5.55. The van der Waals surface area contributed by atoms with E-state index in [9.17, 15) is 0 Å². The van der Waals surface area contributed by atoms with E-state index in [1.165, 1.54) is 5.39 Å². The van der Waals surface area contributed by atoms with Gasteiger partial charge in [0.1, 0.15) is 0 Å². The summed E-state index contributed by atoms with van der Waals surface area (Å²) in [6.45, 7) is 1.70. The summed E-state index contributed by atoms with van der Waals surface area (Å²) in [6, 6.07) is 6.69. The third-order valence-corrected chi connectivity index (χ3v) is 3.54. The molecule has 0 aliphatic carbocycles. The van der Waals surface area contributed by atoms with Gasteiger partial charge in [-0.3, -0.25) is 4.68 Å². The Balaban J connectivity index is 1.97. The van der Waals surface area contributed by atoms with Crippen LogP contribution in [-0.2, 0) is 4.74 Å². The highest BCUT2D eigenvalue weighted by molar-refractivity contribution is 9.10. The average Bonchev–Trinajstić information content (AvgIpc) is 2.73. The van der Waals surface area contributed by atoms with Gasteiger partial charge in [-0.25, -0.2) is 0 Å². The first-order valence-corrected chi connectivity index (χ1v) is 6.34. The fourth-order valence-electron chi connectivity index (χ4n) is 2.15. The van der Waals surface area contributed by atoms with Crippen molar-refractivity contribution in [1.82, 2.24) is 9.78 Å². The van der Waals surface area contributed by atoms with Crippen LogP contribution in [0, 0.1) is 0 Å². The molecule has 2 heterocycles. The Morgan fingerprint density at radius 1 is 1.31 bits per heavy atom. The normalized spacial score (nSPS) is 18.1. The zero-order chi connectivity index (χ0) is 11.0. The maximum absolute atomic E-state index is 5.37. The van der Waals surface area contributed by atoms with Crippen LogP contribution >= 0.6 is 15.9 Å². The van der Waals surface area contributed by atoms with E-state index in [2.05, 4.69) is 44.0 Å². The number of halogens is 1. The lowest BCUT2D eigenvalue weighted by atomic mass is 10.1. The van der Waals surface area contributed by atoms with Gasteiger partial charge < -0.3 is 4.74 Å². The Labute approximate surface area is 103 Å². The number of hydrogen-bond donors (Lipinski definition) is 0. The second-order valence-electron chi connectivity index (χ2n) is 4.16. The molecule has 3 rings (SSSR count). The molecular weight excluding hydrogens is 268 g/mol. The summed E-state index contributed by atoms with van der Waals surface area (Å²) < 4.78 is 8.57. The topological polar surface area (TPSA) is 27.1 Å². The molecule has 3 nitrogen and oxygen atoms in total. The first kappa shape index (κ1) is 10.3. The van der Waals surface area contributed by atoms with Crippen LogP contribution in [-0.4, -0.2) is 23.0 Å². The molecule has 2 aromatic rings. The highest BCUT2D eigenvalue weighted by Crippen LogP contribution is 2.24. The van der Waals surface area contributed by atoms with Crippen molar-refractivity contribution in [3.63, 3.8) is 0 Å². The molecule has 0 atom stereocenters. The largest absolute Gasteiger partial charge is 0.381 e. The molecule has 0 spiro atoms. The molecule has 1 saturated heterocycles. The molecule has 1 aliphatic rings. The fraction of sp³-hybridized carbons (Fsp3) is 0.417. The highest BCUT2D eigenvalue weighted by Gasteiger charge is 2.16. The van der Waals surface area contributed by atoms with E-state index in [1.807, 2.05) is 6.07 Å². The zero-order valence-electron chi connectivity index (χ0n) is 8.90. The predicted molar refractivity (Wildman–Crippen MR) is 66.5 cm³/mol. The van der Waals surface area contributed by atoms with Gasteiger partial charge >= 0.3 is 0 Å². The number of aromatic nitrogens is 2. The smallest absolute Gasteiger partial charge is 0.0924 e. The molecule has 1 fully saturated rings. The minimum absolute atomic E-state index is 0.500. The van der Waals surface area contributed by atoms with Crippen molar-refractivity contribution in [1.29, 1.82) is 0 Å². The minimum Gasteiger partial charge on any atom is -0.381 e. The van der Waals surface area contributed by atoms with E-state index in [0.717, 1.165) is 36.0 Å². The molecule has 0 radical (unpaired) electrons. The molecule has 0 bridgehead atoms. The number of rotatable bonds is 1. The highest BCUT2D eigenvalue weighted by atomic mass is 79.9. The molecule has 4 heteroatoms. The standard InChI is InChI=1S/C12H13BrN2O/c13-10-1-2-12-9(7-10)8-15(14-12)11-3-5-16-6-4-11/h1-2,7-8,11H,3-6H2. The fourth-order valence-corrected chi connectivity index (χ4v) is 2.53. The number of ether oxygens (including phenoxy) is 1. The van der Waals surface area contributed by atoms with Crippen LogP contribution in [0.3, 0.4) is 0 Å². The summed E-state index contributed by atoms with van der Waals surface area (Å²) in [5, 5.41) is 5.81. The Morgan fingerprint density at radius 3 is 2.94 bits per heavy atom. The van der Waals surface area contributed by atoms with Gasteiger partial charge in [0.25, 0.3) is 0 Å². The third kappa shape index (κ3) is 1.87. The van der Waals surface area contributed by atoms with Gasteiger partial charge in [-0.15, -0.1) is 0 Å². The van der Waals surface area contributed by atoms with E-state index >= 15 is 0 Å². The number of fused-ring (bicyclic) bond motifs is 1. The summed E-state index contributed by atoms with van der Waals surface area (Å²) in [6.07, 6.45) is 4.26. The molecule has 1 aromatic heterocycles. The summed E-state index contributed by atoms with van der Waals surface area (Å²) in [5.74, 6) is 0.